The minimum absolute atomic E-state index is 1.57. The molecule has 0 radical (unpaired) electrons. The number of halogens is 8. The van der Waals surface area contributed by atoms with Crippen molar-refractivity contribution in [3.8, 4) is 0 Å². The lowest BCUT2D eigenvalue weighted by atomic mass is 11.5. The topological polar surface area (TPSA) is 0 Å². The van der Waals surface area contributed by atoms with Crippen LogP contribution in [0, 0.1) is 0 Å². The summed E-state index contributed by atoms with van der Waals surface area (Å²) in [4.78, 5) is 0. The average Bonchev–Trinajstić information content (AvgIpc) is 1.43. The molecule has 0 atom stereocenters. The molecule has 0 nitrogen and oxygen atoms in total. The highest BCUT2D eigenvalue weighted by molar-refractivity contribution is 8.20. The third-order valence-electron chi connectivity index (χ3n) is 0.469. The summed E-state index contributed by atoms with van der Waals surface area (Å²) < 4.78 is 76.7. The summed E-state index contributed by atoms with van der Waals surface area (Å²) in [6.45, 7) is 0. The highest BCUT2D eigenvalue weighted by atomic mass is 35.5. The van der Waals surface area contributed by atoms with Gasteiger partial charge in [-0.2, -0.15) is 26.3 Å². The summed E-state index contributed by atoms with van der Waals surface area (Å²) in [5.74, 6) is 0. The van der Waals surface area contributed by atoms with Crippen LogP contribution in [-0.4, -0.2) is 14.8 Å². The van der Waals surface area contributed by atoms with Crippen molar-refractivity contribution in [3.63, 3.8) is 0 Å². The highest BCUT2D eigenvalue weighted by Crippen LogP contribution is 2.55. The highest BCUT2D eigenvalue weighted by Gasteiger charge is 2.50. The van der Waals surface area contributed by atoms with Gasteiger partial charge in [0.25, 0.3) is 3.79 Å². The summed E-state index contributed by atoms with van der Waals surface area (Å²) in [6, 6.07) is 0. The van der Waals surface area contributed by atoms with E-state index >= 15 is 0 Å². The largest absolute Gasteiger partial charge is 0.446 e. The molecule has 0 unspecified atom stereocenters. The maximum Gasteiger partial charge on any atom is 0.446 e. The van der Waals surface area contributed by atoms with Gasteiger partial charge in [-0.15, -0.1) is 0 Å². The zero-order chi connectivity index (χ0) is 10.9. The molecule has 0 aliphatic carbocycles. The predicted molar refractivity (Wildman–Crippen MR) is 37.0 cm³/mol. The van der Waals surface area contributed by atoms with Crippen LogP contribution in [-0.2, 0) is 0 Å². The summed E-state index contributed by atoms with van der Waals surface area (Å²) in [5, 5.41) is 0. The number of alkyl halides is 8. The molecule has 0 heterocycles. The molecule has 80 valence electrons. The second-order valence-corrected chi connectivity index (χ2v) is 5.25. The first-order valence-electron chi connectivity index (χ1n) is 2.33. The molecule has 0 saturated carbocycles. The van der Waals surface area contributed by atoms with Gasteiger partial charge in [-0.3, -0.25) is 0 Å². The quantitative estimate of drug-likeness (QED) is 0.416. The van der Waals surface area contributed by atoms with E-state index in [1.165, 1.54) is 0 Å². The Morgan fingerprint density at radius 3 is 1.08 bits per heavy atom. The summed E-state index contributed by atoms with van der Waals surface area (Å²) in [5.41, 5.74) is -10.3. The van der Waals surface area contributed by atoms with E-state index < -0.39 is 38.3 Å². The fourth-order valence-electron chi connectivity index (χ4n) is 0.290. The number of thioether (sulfide) groups is 2. The van der Waals surface area contributed by atoms with Crippen molar-refractivity contribution in [3.05, 3.63) is 0 Å². The molecule has 0 rings (SSSR count). The monoisotopic (exact) mass is 268 g/mol. The molecule has 0 saturated heterocycles. The second kappa shape index (κ2) is 3.93. The molecular weight excluding hydrogens is 269 g/mol. The standard InChI is InChI=1S/C3ClF7S2/c4-1(5,12-2(6,7)8)13-3(9,10)11. The summed E-state index contributed by atoms with van der Waals surface area (Å²) >= 11 is 1.18. The molecule has 0 aromatic heterocycles. The number of hydrogen-bond donors (Lipinski definition) is 0. The zero-order valence-electron chi connectivity index (χ0n) is 5.34. The maximum absolute atomic E-state index is 12.3. The molecule has 10 heteroatoms. The van der Waals surface area contributed by atoms with Gasteiger partial charge in [0.2, 0.25) is 0 Å². The predicted octanol–water partition coefficient (Wildman–Crippen LogP) is 4.31. The Kier molecular flexibility index (Phi) is 4.08. The fourth-order valence-corrected chi connectivity index (χ4v) is 2.09. The van der Waals surface area contributed by atoms with E-state index in [4.69, 9.17) is 0 Å². The van der Waals surface area contributed by atoms with Gasteiger partial charge in [0.1, 0.15) is 0 Å². The lowest BCUT2D eigenvalue weighted by molar-refractivity contribution is -0.0364. The molecule has 0 amide bonds. The first-order chi connectivity index (χ1) is 5.41. The van der Waals surface area contributed by atoms with Gasteiger partial charge >= 0.3 is 11.0 Å². The lowest BCUT2D eigenvalue weighted by Crippen LogP contribution is -2.18. The van der Waals surface area contributed by atoms with Crippen LogP contribution in [0.1, 0.15) is 0 Å². The third-order valence-corrected chi connectivity index (χ3v) is 2.37. The van der Waals surface area contributed by atoms with Crippen molar-refractivity contribution in [1.29, 1.82) is 0 Å². The molecule has 0 bridgehead atoms. The Morgan fingerprint density at radius 2 is 0.923 bits per heavy atom. The molecule has 0 fully saturated rings. The van der Waals surface area contributed by atoms with Gasteiger partial charge in [-0.1, -0.05) is 11.6 Å². The van der Waals surface area contributed by atoms with E-state index in [1.807, 2.05) is 0 Å². The minimum Gasteiger partial charge on any atom is -0.201 e. The minimum atomic E-state index is -5.16. The van der Waals surface area contributed by atoms with Gasteiger partial charge < -0.3 is 0 Å². The first-order valence-corrected chi connectivity index (χ1v) is 4.34. The fraction of sp³-hybridized carbons (Fsp3) is 1.00. The van der Waals surface area contributed by atoms with E-state index in [0.717, 1.165) is 0 Å². The van der Waals surface area contributed by atoms with Crippen molar-refractivity contribution in [2.24, 2.45) is 0 Å². The van der Waals surface area contributed by atoms with E-state index in [1.54, 1.807) is 0 Å². The zero-order valence-corrected chi connectivity index (χ0v) is 7.73. The van der Waals surface area contributed by atoms with Gasteiger partial charge in [0.05, 0.1) is 0 Å². The van der Waals surface area contributed by atoms with Crippen LogP contribution in [0.5, 0.6) is 0 Å². The van der Waals surface area contributed by atoms with Gasteiger partial charge in [0, 0.05) is 23.5 Å². The molecular formula is C3ClF7S2. The Hall–Kier alpha value is 0.500. The molecule has 0 aromatic rings. The molecule has 13 heavy (non-hydrogen) atoms. The van der Waals surface area contributed by atoms with Crippen LogP contribution in [0.3, 0.4) is 0 Å². The summed E-state index contributed by atoms with van der Waals surface area (Å²) in [6.07, 6.45) is 0. The van der Waals surface area contributed by atoms with Crippen molar-refractivity contribution >= 4 is 35.1 Å². The molecule has 0 aromatic carbocycles. The van der Waals surface area contributed by atoms with Gasteiger partial charge in [-0.25, -0.2) is 4.39 Å². The molecule has 0 aliphatic heterocycles. The van der Waals surface area contributed by atoms with Gasteiger partial charge in [0.15, 0.2) is 0 Å². The molecule has 0 spiro atoms. The second-order valence-electron chi connectivity index (χ2n) is 1.56. The van der Waals surface area contributed by atoms with Gasteiger partial charge in [-0.05, 0) is 0 Å². The first kappa shape index (κ1) is 13.5. The van der Waals surface area contributed by atoms with Crippen LogP contribution in [0.25, 0.3) is 0 Å². The average molecular weight is 269 g/mol. The number of rotatable bonds is 2. The maximum atomic E-state index is 12.3. The Balaban J connectivity index is 4.25. The SMILES string of the molecule is FC(F)(F)SC(F)(Cl)SC(F)(F)F. The van der Waals surface area contributed by atoms with E-state index in [0.29, 0.717) is 0 Å². The Morgan fingerprint density at radius 1 is 0.692 bits per heavy atom. The van der Waals surface area contributed by atoms with Crippen LogP contribution in [0.2, 0.25) is 0 Å². The van der Waals surface area contributed by atoms with E-state index in [2.05, 4.69) is 11.6 Å². The summed E-state index contributed by atoms with van der Waals surface area (Å²) in [7, 11) is 0. The van der Waals surface area contributed by atoms with Crippen molar-refractivity contribution in [1.82, 2.24) is 0 Å². The van der Waals surface area contributed by atoms with E-state index in [-0.39, 0.29) is 0 Å². The van der Waals surface area contributed by atoms with Crippen molar-refractivity contribution in [2.45, 2.75) is 14.8 Å². The van der Waals surface area contributed by atoms with E-state index in [9.17, 15) is 30.7 Å². The normalized spacial score (nSPS) is 14.8. The molecule has 0 aliphatic rings. The van der Waals surface area contributed by atoms with Crippen molar-refractivity contribution in [2.75, 3.05) is 0 Å². The van der Waals surface area contributed by atoms with Crippen LogP contribution < -0.4 is 0 Å². The Bertz CT molecular complexity index is 154. The van der Waals surface area contributed by atoms with Crippen LogP contribution in [0.15, 0.2) is 0 Å². The molecule has 0 N–H and O–H groups in total. The smallest absolute Gasteiger partial charge is 0.201 e. The third kappa shape index (κ3) is 8.82. The Labute approximate surface area is 81.2 Å². The van der Waals surface area contributed by atoms with Crippen LogP contribution in [0.4, 0.5) is 30.7 Å². The van der Waals surface area contributed by atoms with Crippen LogP contribution >= 0.6 is 35.1 Å². The number of hydrogen-bond acceptors (Lipinski definition) is 2. The lowest BCUT2D eigenvalue weighted by Gasteiger charge is -2.18. The van der Waals surface area contributed by atoms with Crippen molar-refractivity contribution < 1.29 is 30.7 Å².